The number of alkyl halides is 3. The number of carbonyl (C=O) groups is 1. The van der Waals surface area contributed by atoms with Crippen molar-refractivity contribution >= 4 is 89.7 Å². The topological polar surface area (TPSA) is 95.9 Å². The van der Waals surface area contributed by atoms with Crippen LogP contribution in [-0.2, 0) is 14.8 Å². The number of esters is 1. The van der Waals surface area contributed by atoms with Crippen molar-refractivity contribution in [2.75, 3.05) is 0 Å². The standard InChI is InChI=1S/C15H13F3I3NO5S/c16-15(17,18)28(25,26)22-13(23)7-2-1-3-8(6-7)27-14(24)11-9(19)4-5-10(20)12(11)21/h4-5,7-8H,1-3,6H2,(H,22,23)/p-1. The summed E-state index contributed by atoms with van der Waals surface area (Å²) in [4.78, 5) is 12.6. The first-order chi connectivity index (χ1) is 12.8. The lowest BCUT2D eigenvalue weighted by atomic mass is 9.87. The van der Waals surface area contributed by atoms with Gasteiger partial charge in [-0.1, -0.05) is 0 Å². The van der Waals surface area contributed by atoms with E-state index in [2.05, 4.69) is 27.0 Å². The molecule has 0 radical (unpaired) electrons. The van der Waals surface area contributed by atoms with Gasteiger partial charge < -0.3 is 9.84 Å². The van der Waals surface area contributed by atoms with Crippen LogP contribution in [0.2, 0.25) is 0 Å². The lowest BCUT2D eigenvalue weighted by Crippen LogP contribution is -2.37. The zero-order valence-corrected chi connectivity index (χ0v) is 21.1. The van der Waals surface area contributed by atoms with Gasteiger partial charge in [-0.15, -0.1) is 0 Å². The van der Waals surface area contributed by atoms with Crippen LogP contribution < -0.4 is 5.11 Å². The average molecular weight is 756 g/mol. The van der Waals surface area contributed by atoms with Gasteiger partial charge in [0.25, 0.3) is 0 Å². The van der Waals surface area contributed by atoms with E-state index in [4.69, 9.17) is 4.74 Å². The Balaban J connectivity index is 2.14. The minimum Gasteiger partial charge on any atom is -0.861 e. The quantitative estimate of drug-likeness (QED) is 0.153. The Hall–Kier alpha value is 0.0900. The minimum atomic E-state index is -5.88. The highest BCUT2D eigenvalue weighted by atomic mass is 127. The first-order valence-corrected chi connectivity index (χ1v) is 12.4. The highest BCUT2D eigenvalue weighted by Gasteiger charge is 2.46. The van der Waals surface area contributed by atoms with Crippen molar-refractivity contribution in [2.45, 2.75) is 37.3 Å². The van der Waals surface area contributed by atoms with Gasteiger partial charge in [0.15, 0.2) is 0 Å². The van der Waals surface area contributed by atoms with Crippen molar-refractivity contribution in [1.82, 2.24) is 0 Å². The van der Waals surface area contributed by atoms with E-state index in [1.165, 1.54) is 0 Å². The minimum absolute atomic E-state index is 0.0709. The smallest absolute Gasteiger partial charge is 0.518 e. The first kappa shape index (κ1) is 24.4. The number of nitrogens with zero attached hydrogens (tertiary/aromatic N) is 1. The van der Waals surface area contributed by atoms with E-state index in [0.717, 1.165) is 3.57 Å². The number of benzene rings is 1. The number of carbonyl (C=O) groups excluding carboxylic acids is 1. The second-order valence-corrected chi connectivity index (χ2v) is 11.0. The van der Waals surface area contributed by atoms with Crippen LogP contribution in [0.15, 0.2) is 16.5 Å². The highest BCUT2D eigenvalue weighted by molar-refractivity contribution is 14.1. The summed E-state index contributed by atoms with van der Waals surface area (Å²) in [7, 11) is -5.88. The molecular formula is C15H12F3I3NO5S-. The van der Waals surface area contributed by atoms with E-state index in [1.807, 2.05) is 51.2 Å². The Morgan fingerprint density at radius 3 is 2.39 bits per heavy atom. The predicted octanol–water partition coefficient (Wildman–Crippen LogP) is 3.82. The molecule has 0 aromatic heterocycles. The van der Waals surface area contributed by atoms with Crippen molar-refractivity contribution in [3.63, 3.8) is 0 Å². The molecular weight excluding hydrogens is 744 g/mol. The van der Waals surface area contributed by atoms with Gasteiger partial charge in [-0.3, -0.25) is 0 Å². The van der Waals surface area contributed by atoms with Crippen LogP contribution in [0.5, 0.6) is 0 Å². The number of rotatable bonds is 4. The molecule has 156 valence electrons. The molecule has 0 spiro atoms. The number of ether oxygens (including phenoxy) is 1. The second-order valence-electron chi connectivity index (χ2n) is 5.96. The summed E-state index contributed by atoms with van der Waals surface area (Å²) < 4.78 is 69.4. The third-order valence-electron chi connectivity index (χ3n) is 4.00. The SMILES string of the molecule is O=C(OC1CCCC(/C([O-])=N/S(=O)(=O)C(F)(F)F)C1)c1c(I)ccc(I)c1I. The zero-order valence-electron chi connectivity index (χ0n) is 13.8. The summed E-state index contributed by atoms with van der Waals surface area (Å²) in [6.45, 7) is 0. The Bertz CT molecular complexity index is 905. The van der Waals surface area contributed by atoms with Crippen molar-refractivity contribution in [2.24, 2.45) is 10.3 Å². The molecule has 13 heteroatoms. The van der Waals surface area contributed by atoms with Crippen molar-refractivity contribution in [3.05, 3.63) is 28.4 Å². The molecule has 0 bridgehead atoms. The van der Waals surface area contributed by atoms with Crippen LogP contribution >= 0.6 is 67.8 Å². The van der Waals surface area contributed by atoms with E-state index in [1.54, 1.807) is 6.07 Å². The summed E-state index contributed by atoms with van der Waals surface area (Å²) in [6.07, 6.45) is 0.235. The molecule has 2 unspecified atom stereocenters. The third-order valence-corrected chi connectivity index (χ3v) is 8.96. The lowest BCUT2D eigenvalue weighted by Gasteiger charge is -2.32. The van der Waals surface area contributed by atoms with Gasteiger partial charge >= 0.3 is 21.5 Å². The number of hydrogen-bond acceptors (Lipinski definition) is 5. The molecule has 1 fully saturated rings. The van der Waals surface area contributed by atoms with Gasteiger partial charge in [-0.2, -0.15) is 26.0 Å². The molecule has 28 heavy (non-hydrogen) atoms. The van der Waals surface area contributed by atoms with Gasteiger partial charge in [-0.25, -0.2) is 4.79 Å². The van der Waals surface area contributed by atoms with E-state index in [-0.39, 0.29) is 12.8 Å². The predicted molar refractivity (Wildman–Crippen MR) is 118 cm³/mol. The molecule has 1 saturated carbocycles. The molecule has 1 aromatic rings. The van der Waals surface area contributed by atoms with Crippen molar-refractivity contribution in [3.8, 4) is 0 Å². The Kier molecular flexibility index (Phi) is 8.25. The molecule has 2 atom stereocenters. The Labute approximate surface area is 200 Å². The summed E-state index contributed by atoms with van der Waals surface area (Å²) in [5, 5.41) is 11.9. The number of sulfonamides is 1. The summed E-state index contributed by atoms with van der Waals surface area (Å²) in [5.74, 6) is -3.00. The third kappa shape index (κ3) is 5.83. The molecule has 0 saturated heterocycles. The monoisotopic (exact) mass is 756 g/mol. The molecule has 0 N–H and O–H groups in total. The average Bonchev–Trinajstić information content (AvgIpc) is 2.57. The summed E-state index contributed by atoms with van der Waals surface area (Å²) in [6, 6.07) is 3.61. The highest BCUT2D eigenvalue weighted by Crippen LogP contribution is 2.31. The molecule has 1 aromatic carbocycles. The molecule has 1 aliphatic carbocycles. The van der Waals surface area contributed by atoms with Crippen molar-refractivity contribution in [1.29, 1.82) is 0 Å². The van der Waals surface area contributed by atoms with Gasteiger partial charge in [0.05, 0.1) is 5.56 Å². The van der Waals surface area contributed by atoms with Crippen LogP contribution in [0.1, 0.15) is 36.0 Å². The van der Waals surface area contributed by atoms with E-state index in [0.29, 0.717) is 25.5 Å². The van der Waals surface area contributed by atoms with Crippen LogP contribution in [0.3, 0.4) is 0 Å². The van der Waals surface area contributed by atoms with Crippen molar-refractivity contribution < 1.29 is 36.2 Å². The van der Waals surface area contributed by atoms with Crippen LogP contribution in [0, 0.1) is 16.6 Å². The maximum absolute atomic E-state index is 12.6. The normalized spacial score (nSPS) is 21.4. The Morgan fingerprint density at radius 1 is 1.18 bits per heavy atom. The Morgan fingerprint density at radius 2 is 1.79 bits per heavy atom. The fourth-order valence-electron chi connectivity index (χ4n) is 2.65. The van der Waals surface area contributed by atoms with Gasteiger partial charge in [0, 0.05) is 10.7 Å². The maximum Gasteiger partial charge on any atom is 0.518 e. The summed E-state index contributed by atoms with van der Waals surface area (Å²) >= 11 is 6.10. The molecule has 2 rings (SSSR count). The molecule has 0 aliphatic heterocycles. The summed E-state index contributed by atoms with van der Waals surface area (Å²) in [5.41, 5.74) is -5.24. The van der Waals surface area contributed by atoms with E-state index < -0.39 is 39.4 Å². The largest absolute Gasteiger partial charge is 0.861 e. The van der Waals surface area contributed by atoms with Crippen LogP contribution in [0.4, 0.5) is 13.2 Å². The number of hydrogen-bond donors (Lipinski definition) is 0. The van der Waals surface area contributed by atoms with Gasteiger partial charge in [0.1, 0.15) is 6.10 Å². The molecule has 1 aliphatic rings. The molecule has 0 amide bonds. The molecule has 0 heterocycles. The fraction of sp³-hybridized carbons (Fsp3) is 0.467. The van der Waals surface area contributed by atoms with Gasteiger partial charge in [0.2, 0.25) is 0 Å². The van der Waals surface area contributed by atoms with Gasteiger partial charge in [-0.05, 0) is 117 Å². The lowest BCUT2D eigenvalue weighted by molar-refractivity contribution is -0.225. The van der Waals surface area contributed by atoms with E-state index in [9.17, 15) is 31.5 Å². The fourth-order valence-corrected chi connectivity index (χ4v) is 5.46. The van der Waals surface area contributed by atoms with Crippen LogP contribution in [0.25, 0.3) is 0 Å². The second kappa shape index (κ2) is 9.49. The first-order valence-electron chi connectivity index (χ1n) is 7.76. The molecule has 6 nitrogen and oxygen atoms in total. The van der Waals surface area contributed by atoms with E-state index >= 15 is 0 Å². The zero-order chi connectivity index (χ0) is 21.3. The number of halogens is 6. The van der Waals surface area contributed by atoms with Crippen LogP contribution in [-0.4, -0.2) is 31.9 Å². The maximum atomic E-state index is 12.6.